The predicted octanol–water partition coefficient (Wildman–Crippen LogP) is 4.91. The van der Waals surface area contributed by atoms with Crippen LogP contribution in [-0.2, 0) is 11.3 Å². The number of hydrogen-bond donors (Lipinski definition) is 1. The molecule has 1 unspecified atom stereocenters. The molecule has 25 heavy (non-hydrogen) atoms. The van der Waals surface area contributed by atoms with Crippen molar-refractivity contribution in [3.63, 3.8) is 0 Å². The molecule has 2 aromatic carbocycles. The number of amides is 1. The molecule has 1 heterocycles. The topological polar surface area (TPSA) is 32.3 Å². The summed E-state index contributed by atoms with van der Waals surface area (Å²) in [6, 6.07) is 16.0. The average molecular weight is 375 g/mol. The van der Waals surface area contributed by atoms with Crippen LogP contribution in [0.1, 0.15) is 18.4 Å². The van der Waals surface area contributed by atoms with Crippen molar-refractivity contribution in [3.8, 4) is 0 Å². The monoisotopic (exact) mass is 374 g/mol. The van der Waals surface area contributed by atoms with Crippen molar-refractivity contribution in [2.24, 2.45) is 5.92 Å². The van der Waals surface area contributed by atoms with E-state index in [1.54, 1.807) is 11.8 Å². The molecule has 0 spiro atoms. The summed E-state index contributed by atoms with van der Waals surface area (Å²) in [6.07, 6.45) is 4.04. The average Bonchev–Trinajstić information content (AvgIpc) is 2.64. The van der Waals surface area contributed by atoms with Gasteiger partial charge in [-0.3, -0.25) is 9.69 Å². The molecular formula is C20H23ClN2OS. The fourth-order valence-electron chi connectivity index (χ4n) is 3.21. The molecule has 1 saturated heterocycles. The highest BCUT2D eigenvalue weighted by atomic mass is 35.5. The van der Waals surface area contributed by atoms with E-state index < -0.39 is 0 Å². The SMILES string of the molecule is CSc1cccc(NC(=O)C2CCCN(Cc3ccc(Cl)cc3)C2)c1. The molecule has 0 radical (unpaired) electrons. The van der Waals surface area contributed by atoms with Crippen LogP contribution < -0.4 is 5.32 Å². The summed E-state index contributed by atoms with van der Waals surface area (Å²) in [6.45, 7) is 2.70. The Balaban J connectivity index is 1.58. The zero-order chi connectivity index (χ0) is 17.6. The maximum absolute atomic E-state index is 12.6. The Bertz CT molecular complexity index is 720. The number of likely N-dealkylation sites (tertiary alicyclic amines) is 1. The molecule has 1 aliphatic heterocycles. The highest BCUT2D eigenvalue weighted by Gasteiger charge is 2.25. The molecular weight excluding hydrogens is 352 g/mol. The van der Waals surface area contributed by atoms with E-state index in [0.717, 1.165) is 48.1 Å². The first kappa shape index (κ1) is 18.3. The molecule has 132 valence electrons. The quantitative estimate of drug-likeness (QED) is 0.754. The Morgan fingerprint density at radius 1 is 1.28 bits per heavy atom. The molecule has 0 aromatic heterocycles. The van der Waals surface area contributed by atoms with E-state index in [1.807, 2.05) is 36.6 Å². The van der Waals surface area contributed by atoms with E-state index >= 15 is 0 Å². The van der Waals surface area contributed by atoms with Crippen molar-refractivity contribution in [1.29, 1.82) is 0 Å². The molecule has 1 N–H and O–H groups in total. The van der Waals surface area contributed by atoms with Crippen LogP contribution >= 0.6 is 23.4 Å². The van der Waals surface area contributed by atoms with Gasteiger partial charge >= 0.3 is 0 Å². The number of carbonyl (C=O) groups excluding carboxylic acids is 1. The van der Waals surface area contributed by atoms with Gasteiger partial charge in [-0.15, -0.1) is 11.8 Å². The lowest BCUT2D eigenvalue weighted by Crippen LogP contribution is -2.40. The Labute approximate surface area is 158 Å². The summed E-state index contributed by atoms with van der Waals surface area (Å²) in [4.78, 5) is 16.2. The van der Waals surface area contributed by atoms with Gasteiger partial charge in [-0.05, 0) is 61.5 Å². The molecule has 1 fully saturated rings. The smallest absolute Gasteiger partial charge is 0.228 e. The van der Waals surface area contributed by atoms with Crippen LogP contribution in [-0.4, -0.2) is 30.2 Å². The second kappa shape index (κ2) is 8.75. The first-order valence-corrected chi connectivity index (χ1v) is 10.2. The number of thioether (sulfide) groups is 1. The third kappa shape index (κ3) is 5.24. The lowest BCUT2D eigenvalue weighted by atomic mass is 9.96. The lowest BCUT2D eigenvalue weighted by Gasteiger charge is -2.32. The van der Waals surface area contributed by atoms with Crippen molar-refractivity contribution in [2.45, 2.75) is 24.3 Å². The second-order valence-corrected chi connectivity index (χ2v) is 7.74. The third-order valence-corrected chi connectivity index (χ3v) is 5.51. The molecule has 3 nitrogen and oxygen atoms in total. The third-order valence-electron chi connectivity index (χ3n) is 4.53. The molecule has 1 amide bonds. The minimum Gasteiger partial charge on any atom is -0.326 e. The summed E-state index contributed by atoms with van der Waals surface area (Å²) in [5, 5.41) is 3.84. The van der Waals surface area contributed by atoms with E-state index in [9.17, 15) is 4.79 Å². The fraction of sp³-hybridized carbons (Fsp3) is 0.350. The Morgan fingerprint density at radius 2 is 2.08 bits per heavy atom. The number of nitrogens with one attached hydrogen (secondary N) is 1. The molecule has 2 aromatic rings. The van der Waals surface area contributed by atoms with Crippen molar-refractivity contribution in [1.82, 2.24) is 4.90 Å². The summed E-state index contributed by atoms with van der Waals surface area (Å²) in [7, 11) is 0. The van der Waals surface area contributed by atoms with Gasteiger partial charge in [-0.2, -0.15) is 0 Å². The minimum atomic E-state index is 0.0407. The predicted molar refractivity (Wildman–Crippen MR) is 106 cm³/mol. The zero-order valence-electron chi connectivity index (χ0n) is 14.4. The number of piperidine rings is 1. The van der Waals surface area contributed by atoms with E-state index in [1.165, 1.54) is 5.56 Å². The van der Waals surface area contributed by atoms with E-state index in [4.69, 9.17) is 11.6 Å². The number of rotatable bonds is 5. The number of nitrogens with zero attached hydrogens (tertiary/aromatic N) is 1. The van der Waals surface area contributed by atoms with Crippen LogP contribution in [0.15, 0.2) is 53.4 Å². The van der Waals surface area contributed by atoms with E-state index in [-0.39, 0.29) is 11.8 Å². The summed E-state index contributed by atoms with van der Waals surface area (Å²) in [5.74, 6) is 0.165. The number of anilines is 1. The van der Waals surface area contributed by atoms with Gasteiger partial charge in [-0.25, -0.2) is 0 Å². The summed E-state index contributed by atoms with van der Waals surface area (Å²) < 4.78 is 0. The van der Waals surface area contributed by atoms with Gasteiger partial charge in [-0.1, -0.05) is 29.8 Å². The highest BCUT2D eigenvalue weighted by molar-refractivity contribution is 7.98. The molecule has 0 bridgehead atoms. The second-order valence-electron chi connectivity index (χ2n) is 6.42. The first-order chi connectivity index (χ1) is 12.1. The minimum absolute atomic E-state index is 0.0407. The molecule has 1 atom stereocenters. The van der Waals surface area contributed by atoms with Gasteiger partial charge in [0, 0.05) is 28.7 Å². The summed E-state index contributed by atoms with van der Waals surface area (Å²) in [5.41, 5.74) is 2.12. The Kier molecular flexibility index (Phi) is 6.40. The van der Waals surface area contributed by atoms with E-state index in [0.29, 0.717) is 0 Å². The van der Waals surface area contributed by atoms with Gasteiger partial charge in [0.15, 0.2) is 0 Å². The van der Waals surface area contributed by atoms with Crippen molar-refractivity contribution < 1.29 is 4.79 Å². The fourth-order valence-corrected chi connectivity index (χ4v) is 3.79. The number of benzene rings is 2. The van der Waals surface area contributed by atoms with E-state index in [2.05, 4.69) is 28.4 Å². The lowest BCUT2D eigenvalue weighted by molar-refractivity contribution is -0.121. The molecule has 3 rings (SSSR count). The van der Waals surface area contributed by atoms with Crippen LogP contribution in [0.5, 0.6) is 0 Å². The number of halogens is 1. The van der Waals surface area contributed by atoms with Crippen LogP contribution in [0.2, 0.25) is 5.02 Å². The zero-order valence-corrected chi connectivity index (χ0v) is 15.9. The molecule has 0 aliphatic carbocycles. The van der Waals surface area contributed by atoms with Gasteiger partial charge < -0.3 is 5.32 Å². The first-order valence-electron chi connectivity index (χ1n) is 8.56. The molecule has 0 saturated carbocycles. The van der Waals surface area contributed by atoms with Gasteiger partial charge in [0.2, 0.25) is 5.91 Å². The van der Waals surface area contributed by atoms with Crippen molar-refractivity contribution in [2.75, 3.05) is 24.7 Å². The van der Waals surface area contributed by atoms with Crippen LogP contribution in [0.25, 0.3) is 0 Å². The summed E-state index contributed by atoms with van der Waals surface area (Å²) >= 11 is 7.63. The normalized spacial score (nSPS) is 18.1. The largest absolute Gasteiger partial charge is 0.326 e. The van der Waals surface area contributed by atoms with Gasteiger partial charge in [0.05, 0.1) is 5.92 Å². The highest BCUT2D eigenvalue weighted by Crippen LogP contribution is 2.23. The standard InChI is InChI=1S/C20H23ClN2OS/c1-25-19-6-2-5-18(12-19)22-20(24)16-4-3-11-23(14-16)13-15-7-9-17(21)10-8-15/h2,5-10,12,16H,3-4,11,13-14H2,1H3,(H,22,24). The maximum atomic E-state index is 12.6. The maximum Gasteiger partial charge on any atom is 0.228 e. The molecule has 1 aliphatic rings. The van der Waals surface area contributed by atoms with Crippen LogP contribution in [0.3, 0.4) is 0 Å². The van der Waals surface area contributed by atoms with Crippen LogP contribution in [0.4, 0.5) is 5.69 Å². The van der Waals surface area contributed by atoms with Crippen molar-refractivity contribution >= 4 is 35.0 Å². The van der Waals surface area contributed by atoms with Crippen molar-refractivity contribution in [3.05, 3.63) is 59.1 Å². The number of carbonyl (C=O) groups is 1. The Morgan fingerprint density at radius 3 is 2.84 bits per heavy atom. The Hall–Kier alpha value is -1.49. The number of hydrogen-bond acceptors (Lipinski definition) is 3. The van der Waals surface area contributed by atoms with Crippen LogP contribution in [0, 0.1) is 5.92 Å². The molecule has 5 heteroatoms. The van der Waals surface area contributed by atoms with Gasteiger partial charge in [0.1, 0.15) is 0 Å². The van der Waals surface area contributed by atoms with Gasteiger partial charge in [0.25, 0.3) is 0 Å².